The Hall–Kier alpha value is -1.79. The van der Waals surface area contributed by atoms with Gasteiger partial charge >= 0.3 is 12.0 Å². The summed E-state index contributed by atoms with van der Waals surface area (Å²) in [6.45, 7) is 3.59. The monoisotopic (exact) mass is 257 g/mol. The predicted octanol–water partition coefficient (Wildman–Crippen LogP) is -0.291. The lowest BCUT2D eigenvalue weighted by atomic mass is 10.0. The summed E-state index contributed by atoms with van der Waals surface area (Å²) in [4.78, 5) is 36.8. The van der Waals surface area contributed by atoms with E-state index in [0.717, 1.165) is 0 Å². The van der Waals surface area contributed by atoms with Gasteiger partial charge in [-0.2, -0.15) is 0 Å². The van der Waals surface area contributed by atoms with Crippen LogP contribution in [0.25, 0.3) is 0 Å². The standard InChI is InChI=1S/C11H19N3O4/c1-11(2,9(16)17)13(3)10(18)14-5-4-7(6-14)8(12)15/h7H,4-6H2,1-3H3,(H2,12,15)(H,16,17). The van der Waals surface area contributed by atoms with Gasteiger partial charge < -0.3 is 20.6 Å². The minimum absolute atomic E-state index is 0.258. The third-order valence-electron chi connectivity index (χ3n) is 3.51. The molecule has 0 radical (unpaired) electrons. The Bertz CT molecular complexity index is 380. The summed E-state index contributed by atoms with van der Waals surface area (Å²) in [5.74, 6) is -1.84. The van der Waals surface area contributed by atoms with Crippen LogP contribution in [-0.2, 0) is 9.59 Å². The number of amides is 3. The van der Waals surface area contributed by atoms with Crippen LogP contribution < -0.4 is 5.73 Å². The van der Waals surface area contributed by atoms with Crippen LogP contribution >= 0.6 is 0 Å². The first-order valence-corrected chi connectivity index (χ1v) is 5.73. The number of nitrogens with zero attached hydrogens (tertiary/aromatic N) is 2. The van der Waals surface area contributed by atoms with E-state index in [1.165, 1.54) is 30.7 Å². The number of carbonyl (C=O) groups excluding carboxylic acids is 2. The second-order valence-corrected chi connectivity index (χ2v) is 5.04. The lowest BCUT2D eigenvalue weighted by Crippen LogP contribution is -2.54. The molecular formula is C11H19N3O4. The molecule has 1 unspecified atom stereocenters. The molecule has 0 aromatic heterocycles. The molecular weight excluding hydrogens is 238 g/mol. The van der Waals surface area contributed by atoms with Crippen molar-refractivity contribution in [3.63, 3.8) is 0 Å². The summed E-state index contributed by atoms with van der Waals surface area (Å²) in [5.41, 5.74) is 3.90. The lowest BCUT2D eigenvalue weighted by Gasteiger charge is -2.34. The quantitative estimate of drug-likeness (QED) is 0.724. The summed E-state index contributed by atoms with van der Waals surface area (Å²) < 4.78 is 0. The van der Waals surface area contributed by atoms with E-state index in [0.29, 0.717) is 13.0 Å². The van der Waals surface area contributed by atoms with E-state index in [2.05, 4.69) is 0 Å². The molecule has 3 N–H and O–H groups in total. The zero-order valence-corrected chi connectivity index (χ0v) is 10.8. The SMILES string of the molecule is CN(C(=O)N1CCC(C(N)=O)C1)C(C)(C)C(=O)O. The number of carboxylic acids is 1. The van der Waals surface area contributed by atoms with Crippen molar-refractivity contribution in [1.82, 2.24) is 9.80 Å². The van der Waals surface area contributed by atoms with Crippen LogP contribution in [0.2, 0.25) is 0 Å². The van der Waals surface area contributed by atoms with Gasteiger partial charge in [-0.15, -0.1) is 0 Å². The van der Waals surface area contributed by atoms with Crippen molar-refractivity contribution in [2.45, 2.75) is 25.8 Å². The van der Waals surface area contributed by atoms with E-state index in [1.54, 1.807) is 0 Å². The molecule has 1 fully saturated rings. The van der Waals surface area contributed by atoms with Crippen molar-refractivity contribution < 1.29 is 19.5 Å². The van der Waals surface area contributed by atoms with Crippen molar-refractivity contribution in [3.8, 4) is 0 Å². The molecule has 1 aliphatic rings. The number of hydrogen-bond donors (Lipinski definition) is 2. The Morgan fingerprint density at radius 2 is 1.94 bits per heavy atom. The number of carboxylic acid groups (broad SMARTS) is 1. The van der Waals surface area contributed by atoms with Crippen molar-refractivity contribution in [2.24, 2.45) is 11.7 Å². The van der Waals surface area contributed by atoms with Crippen LogP contribution in [0.1, 0.15) is 20.3 Å². The maximum absolute atomic E-state index is 12.1. The highest BCUT2D eigenvalue weighted by atomic mass is 16.4. The van der Waals surface area contributed by atoms with E-state index < -0.39 is 23.4 Å². The molecule has 3 amide bonds. The van der Waals surface area contributed by atoms with E-state index in [1.807, 2.05) is 0 Å². The first kappa shape index (κ1) is 14.3. The van der Waals surface area contributed by atoms with Gasteiger partial charge in [-0.25, -0.2) is 9.59 Å². The van der Waals surface area contributed by atoms with Crippen LogP contribution in [0.3, 0.4) is 0 Å². The topological polar surface area (TPSA) is 104 Å². The van der Waals surface area contributed by atoms with Gasteiger partial charge in [-0.05, 0) is 20.3 Å². The number of likely N-dealkylation sites (tertiary alicyclic amines) is 1. The zero-order chi connectivity index (χ0) is 14.1. The van der Waals surface area contributed by atoms with Gasteiger partial charge in [0, 0.05) is 20.1 Å². The van der Waals surface area contributed by atoms with Gasteiger partial charge in [0.15, 0.2) is 0 Å². The predicted molar refractivity (Wildman–Crippen MR) is 63.7 cm³/mol. The fraction of sp³-hybridized carbons (Fsp3) is 0.727. The van der Waals surface area contributed by atoms with E-state index in [-0.39, 0.29) is 12.5 Å². The Morgan fingerprint density at radius 3 is 2.33 bits per heavy atom. The fourth-order valence-corrected chi connectivity index (χ4v) is 1.76. The molecule has 18 heavy (non-hydrogen) atoms. The van der Waals surface area contributed by atoms with E-state index in [9.17, 15) is 14.4 Å². The molecule has 0 aliphatic carbocycles. The second-order valence-electron chi connectivity index (χ2n) is 5.04. The van der Waals surface area contributed by atoms with Crippen LogP contribution in [0.5, 0.6) is 0 Å². The number of nitrogens with two attached hydrogens (primary N) is 1. The summed E-state index contributed by atoms with van der Waals surface area (Å²) in [6.07, 6.45) is 0.530. The van der Waals surface area contributed by atoms with Crippen molar-refractivity contribution >= 4 is 17.9 Å². The fourth-order valence-electron chi connectivity index (χ4n) is 1.76. The molecule has 1 rings (SSSR count). The molecule has 7 heteroatoms. The molecule has 0 aromatic rings. The number of hydrogen-bond acceptors (Lipinski definition) is 3. The molecule has 0 spiro atoms. The first-order chi connectivity index (χ1) is 8.17. The Balaban J connectivity index is 2.72. The number of urea groups is 1. The smallest absolute Gasteiger partial charge is 0.329 e. The summed E-state index contributed by atoms with van der Waals surface area (Å²) in [5, 5.41) is 9.06. The van der Waals surface area contributed by atoms with Crippen LogP contribution in [0, 0.1) is 5.92 Å². The molecule has 0 bridgehead atoms. The molecule has 0 saturated carbocycles. The molecule has 1 saturated heterocycles. The van der Waals surface area contributed by atoms with Gasteiger partial charge in [0.25, 0.3) is 0 Å². The maximum Gasteiger partial charge on any atom is 0.329 e. The third-order valence-corrected chi connectivity index (χ3v) is 3.51. The molecule has 7 nitrogen and oxygen atoms in total. The van der Waals surface area contributed by atoms with Crippen molar-refractivity contribution in [3.05, 3.63) is 0 Å². The molecule has 1 aliphatic heterocycles. The Kier molecular flexibility index (Phi) is 3.83. The summed E-state index contributed by atoms with van der Waals surface area (Å²) in [7, 11) is 1.44. The average Bonchev–Trinajstić information content (AvgIpc) is 2.76. The Morgan fingerprint density at radius 1 is 1.39 bits per heavy atom. The van der Waals surface area contributed by atoms with Gasteiger partial charge in [0.2, 0.25) is 5.91 Å². The van der Waals surface area contributed by atoms with Crippen molar-refractivity contribution in [1.29, 1.82) is 0 Å². The third kappa shape index (κ3) is 2.55. The number of carbonyl (C=O) groups is 3. The molecule has 102 valence electrons. The number of rotatable bonds is 3. The van der Waals surface area contributed by atoms with Gasteiger partial charge in [0.05, 0.1) is 5.92 Å². The van der Waals surface area contributed by atoms with E-state index in [4.69, 9.17) is 10.8 Å². The minimum Gasteiger partial charge on any atom is -0.480 e. The first-order valence-electron chi connectivity index (χ1n) is 5.73. The normalized spacial score (nSPS) is 19.7. The molecule has 1 heterocycles. The highest BCUT2D eigenvalue weighted by Gasteiger charge is 2.39. The summed E-state index contributed by atoms with van der Waals surface area (Å²) in [6, 6.07) is -0.397. The highest BCUT2D eigenvalue weighted by Crippen LogP contribution is 2.20. The minimum atomic E-state index is -1.29. The van der Waals surface area contributed by atoms with Crippen LogP contribution in [0.15, 0.2) is 0 Å². The largest absolute Gasteiger partial charge is 0.480 e. The second kappa shape index (κ2) is 4.83. The van der Waals surface area contributed by atoms with Gasteiger partial charge in [-0.1, -0.05) is 0 Å². The zero-order valence-electron chi connectivity index (χ0n) is 10.8. The Labute approximate surface area is 106 Å². The number of likely N-dealkylation sites (N-methyl/N-ethyl adjacent to an activating group) is 1. The van der Waals surface area contributed by atoms with Gasteiger partial charge in [-0.3, -0.25) is 4.79 Å². The number of primary amides is 1. The number of aliphatic carboxylic acids is 1. The molecule has 0 aromatic carbocycles. The van der Waals surface area contributed by atoms with Crippen LogP contribution in [0.4, 0.5) is 4.79 Å². The van der Waals surface area contributed by atoms with E-state index >= 15 is 0 Å². The van der Waals surface area contributed by atoms with Crippen molar-refractivity contribution in [2.75, 3.05) is 20.1 Å². The summed E-state index contributed by atoms with van der Waals surface area (Å²) >= 11 is 0. The maximum atomic E-state index is 12.1. The lowest BCUT2D eigenvalue weighted by molar-refractivity contribution is -0.147. The average molecular weight is 257 g/mol. The van der Waals surface area contributed by atoms with Gasteiger partial charge in [0.1, 0.15) is 5.54 Å². The van der Waals surface area contributed by atoms with Crippen LogP contribution in [-0.4, -0.2) is 58.5 Å². The molecule has 1 atom stereocenters. The highest BCUT2D eigenvalue weighted by molar-refractivity contribution is 5.86.